The van der Waals surface area contributed by atoms with Crippen molar-refractivity contribution in [3.8, 4) is 11.5 Å². The zero-order valence-electron chi connectivity index (χ0n) is 17.0. The fourth-order valence-corrected chi connectivity index (χ4v) is 3.76. The van der Waals surface area contributed by atoms with Gasteiger partial charge in [-0.2, -0.15) is 0 Å². The lowest BCUT2D eigenvalue weighted by Gasteiger charge is -2.12. The Morgan fingerprint density at radius 3 is 2.53 bits per heavy atom. The van der Waals surface area contributed by atoms with Crippen molar-refractivity contribution >= 4 is 40.6 Å². The third kappa shape index (κ3) is 5.01. The summed E-state index contributed by atoms with van der Waals surface area (Å²) in [7, 11) is 2.91. The van der Waals surface area contributed by atoms with Crippen LogP contribution in [0.3, 0.4) is 0 Å². The number of amidine groups is 1. The number of likely N-dealkylation sites (N-methyl/N-ethyl adjacent to an activating group) is 1. The van der Waals surface area contributed by atoms with E-state index in [-0.39, 0.29) is 12.5 Å². The van der Waals surface area contributed by atoms with Crippen LogP contribution in [0.5, 0.6) is 11.5 Å². The lowest BCUT2D eigenvalue weighted by molar-refractivity contribution is -0.142. The Hall–Kier alpha value is -3.26. The van der Waals surface area contributed by atoms with Gasteiger partial charge in [-0.1, -0.05) is 18.2 Å². The molecule has 156 valence electrons. The van der Waals surface area contributed by atoms with Gasteiger partial charge in [-0.3, -0.25) is 9.69 Å². The summed E-state index contributed by atoms with van der Waals surface area (Å²) >= 11 is 1.30. The van der Waals surface area contributed by atoms with Gasteiger partial charge < -0.3 is 14.2 Å². The average molecular weight is 426 g/mol. The third-order valence-electron chi connectivity index (χ3n) is 4.28. The van der Waals surface area contributed by atoms with Gasteiger partial charge in [0.05, 0.1) is 24.8 Å². The van der Waals surface area contributed by atoms with Gasteiger partial charge in [-0.05, 0) is 55.1 Å². The fourth-order valence-electron chi connectivity index (χ4n) is 2.71. The molecule has 0 N–H and O–H groups in total. The van der Waals surface area contributed by atoms with Crippen molar-refractivity contribution < 1.29 is 23.8 Å². The summed E-state index contributed by atoms with van der Waals surface area (Å²) in [4.78, 5) is 31.0. The minimum absolute atomic E-state index is 0.127. The molecular weight excluding hydrogens is 404 g/mol. The molecule has 2 aromatic rings. The van der Waals surface area contributed by atoms with E-state index in [9.17, 15) is 9.59 Å². The number of ether oxygens (including phenoxy) is 3. The summed E-state index contributed by atoms with van der Waals surface area (Å²) in [6.07, 6.45) is 1.75. The normalized spacial score (nSPS) is 16.2. The molecule has 1 amide bonds. The molecule has 1 aliphatic heterocycles. The fraction of sp³-hybridized carbons (Fsp3) is 0.227. The van der Waals surface area contributed by atoms with Gasteiger partial charge >= 0.3 is 5.97 Å². The highest BCUT2D eigenvalue weighted by molar-refractivity contribution is 8.18. The van der Waals surface area contributed by atoms with Crippen molar-refractivity contribution in [1.29, 1.82) is 0 Å². The Bertz CT molecular complexity index is 985. The second-order valence-electron chi connectivity index (χ2n) is 6.16. The van der Waals surface area contributed by atoms with E-state index >= 15 is 0 Å². The first-order valence-electron chi connectivity index (χ1n) is 9.28. The molecule has 0 atom stereocenters. The van der Waals surface area contributed by atoms with Crippen LogP contribution in [-0.4, -0.2) is 49.3 Å². The van der Waals surface area contributed by atoms with Gasteiger partial charge in [0.2, 0.25) is 0 Å². The number of carbonyl (C=O) groups excluding carboxylic acids is 2. The van der Waals surface area contributed by atoms with Crippen LogP contribution in [0.1, 0.15) is 12.5 Å². The van der Waals surface area contributed by atoms with Gasteiger partial charge in [0, 0.05) is 12.1 Å². The summed E-state index contributed by atoms with van der Waals surface area (Å²) in [5, 5.41) is 0.604. The van der Waals surface area contributed by atoms with Crippen LogP contribution in [0, 0.1) is 0 Å². The second-order valence-corrected chi connectivity index (χ2v) is 7.16. The van der Waals surface area contributed by atoms with Crippen LogP contribution in [0.25, 0.3) is 6.08 Å². The summed E-state index contributed by atoms with van der Waals surface area (Å²) in [6, 6.07) is 14.5. The number of para-hydroxylation sites is 1. The molecule has 0 bridgehead atoms. The molecule has 30 heavy (non-hydrogen) atoms. The first kappa shape index (κ1) is 21.4. The van der Waals surface area contributed by atoms with E-state index in [0.29, 0.717) is 27.9 Å². The molecule has 1 saturated heterocycles. The van der Waals surface area contributed by atoms with E-state index in [0.717, 1.165) is 11.4 Å². The molecule has 1 fully saturated rings. The number of carbonyl (C=O) groups is 2. The largest absolute Gasteiger partial charge is 0.497 e. The Kier molecular flexibility index (Phi) is 7.13. The smallest absolute Gasteiger partial charge is 0.343 e. The average Bonchev–Trinajstić information content (AvgIpc) is 3.07. The van der Waals surface area contributed by atoms with Gasteiger partial charge in [-0.25, -0.2) is 9.79 Å². The molecule has 0 aliphatic carbocycles. The number of aliphatic imine (C=N–C) groups is 1. The highest BCUT2D eigenvalue weighted by atomic mass is 32.2. The van der Waals surface area contributed by atoms with Crippen molar-refractivity contribution in [2.45, 2.75) is 6.92 Å². The second kappa shape index (κ2) is 9.98. The molecular formula is C22H22N2O5S. The zero-order valence-corrected chi connectivity index (χ0v) is 17.8. The van der Waals surface area contributed by atoms with Crippen LogP contribution < -0.4 is 9.47 Å². The van der Waals surface area contributed by atoms with Crippen LogP contribution in [0.4, 0.5) is 5.69 Å². The highest BCUT2D eigenvalue weighted by Crippen LogP contribution is 2.35. The van der Waals surface area contributed by atoms with Crippen LogP contribution in [0.2, 0.25) is 0 Å². The number of hydrogen-bond acceptors (Lipinski definition) is 7. The Balaban J connectivity index is 1.86. The number of hydrogen-bond donors (Lipinski definition) is 0. The lowest BCUT2D eigenvalue weighted by atomic mass is 10.2. The van der Waals surface area contributed by atoms with Gasteiger partial charge in [0.1, 0.15) is 11.5 Å². The monoisotopic (exact) mass is 426 g/mol. The van der Waals surface area contributed by atoms with Crippen molar-refractivity contribution in [3.63, 3.8) is 0 Å². The van der Waals surface area contributed by atoms with Gasteiger partial charge in [0.25, 0.3) is 5.91 Å². The van der Waals surface area contributed by atoms with Crippen molar-refractivity contribution in [2.24, 2.45) is 4.99 Å². The number of methoxy groups -OCH3 is 2. The first-order valence-corrected chi connectivity index (χ1v) is 10.1. The Morgan fingerprint density at radius 1 is 1.13 bits per heavy atom. The van der Waals surface area contributed by atoms with Crippen LogP contribution in [0.15, 0.2) is 58.4 Å². The molecule has 7 nitrogen and oxygen atoms in total. The minimum Gasteiger partial charge on any atom is -0.497 e. The van der Waals surface area contributed by atoms with Crippen molar-refractivity contribution in [3.05, 3.63) is 59.0 Å². The van der Waals surface area contributed by atoms with Crippen molar-refractivity contribution in [1.82, 2.24) is 4.90 Å². The standard InChI is InChI=1S/C22H22N2O5S/c1-4-24-21(26)19(30-22(24)23-16-9-11-17(27-2)12-10-16)13-15-7-5-6-8-18(15)29-14-20(25)28-3/h5-13H,4,14H2,1-3H3/b19-13+,23-22?. The van der Waals surface area contributed by atoms with E-state index in [1.807, 2.05) is 43.3 Å². The molecule has 0 radical (unpaired) electrons. The van der Waals surface area contributed by atoms with E-state index in [1.165, 1.54) is 18.9 Å². The summed E-state index contributed by atoms with van der Waals surface area (Å²) in [5.74, 6) is 0.630. The molecule has 1 heterocycles. The molecule has 1 aliphatic rings. The number of rotatable bonds is 7. The molecule has 0 spiro atoms. The summed E-state index contributed by atoms with van der Waals surface area (Å²) in [6.45, 7) is 2.19. The van der Waals surface area contributed by atoms with E-state index < -0.39 is 5.97 Å². The zero-order chi connectivity index (χ0) is 21.5. The maximum absolute atomic E-state index is 12.9. The van der Waals surface area contributed by atoms with Crippen LogP contribution >= 0.6 is 11.8 Å². The van der Waals surface area contributed by atoms with Crippen LogP contribution in [-0.2, 0) is 14.3 Å². The van der Waals surface area contributed by atoms with Gasteiger partial charge in [-0.15, -0.1) is 0 Å². The number of nitrogens with zero attached hydrogens (tertiary/aromatic N) is 2. The number of amides is 1. The van der Waals surface area contributed by atoms with Crippen molar-refractivity contribution in [2.75, 3.05) is 27.4 Å². The minimum atomic E-state index is -0.477. The lowest BCUT2D eigenvalue weighted by Crippen LogP contribution is -2.28. The maximum Gasteiger partial charge on any atom is 0.343 e. The quantitative estimate of drug-likeness (QED) is 0.494. The highest BCUT2D eigenvalue weighted by Gasteiger charge is 2.32. The number of esters is 1. The Morgan fingerprint density at radius 2 is 1.87 bits per heavy atom. The predicted octanol–water partition coefficient (Wildman–Crippen LogP) is 3.87. The topological polar surface area (TPSA) is 77.4 Å². The molecule has 0 unspecified atom stereocenters. The number of benzene rings is 2. The van der Waals surface area contributed by atoms with E-state index in [1.54, 1.807) is 30.2 Å². The van der Waals surface area contributed by atoms with E-state index in [4.69, 9.17) is 9.47 Å². The molecule has 2 aromatic carbocycles. The van der Waals surface area contributed by atoms with E-state index in [2.05, 4.69) is 9.73 Å². The summed E-state index contributed by atoms with van der Waals surface area (Å²) < 4.78 is 15.3. The molecule has 3 rings (SSSR count). The summed E-state index contributed by atoms with van der Waals surface area (Å²) in [5.41, 5.74) is 1.42. The number of thioether (sulfide) groups is 1. The molecule has 0 saturated carbocycles. The molecule has 8 heteroatoms. The Labute approximate surface area is 179 Å². The third-order valence-corrected chi connectivity index (χ3v) is 5.29. The maximum atomic E-state index is 12.9. The van der Waals surface area contributed by atoms with Gasteiger partial charge in [0.15, 0.2) is 11.8 Å². The molecule has 0 aromatic heterocycles. The predicted molar refractivity (Wildman–Crippen MR) is 117 cm³/mol. The first-order chi connectivity index (χ1) is 14.5. The SMILES string of the molecule is CCN1C(=O)/C(=C\c2ccccc2OCC(=O)OC)SC1=Nc1ccc(OC)cc1.